The number of esters is 1. The zero-order valence-electron chi connectivity index (χ0n) is 12.3. The second kappa shape index (κ2) is 6.42. The van der Waals surface area contributed by atoms with Gasteiger partial charge in [0.05, 0.1) is 0 Å². The molecule has 0 spiro atoms. The van der Waals surface area contributed by atoms with Crippen molar-refractivity contribution in [2.75, 3.05) is 20.1 Å². The molecule has 0 aromatic carbocycles. The van der Waals surface area contributed by atoms with Gasteiger partial charge in [-0.1, -0.05) is 6.92 Å². The molecular formula is C15H26N2O2. The molecule has 1 fully saturated rings. The van der Waals surface area contributed by atoms with Crippen LogP contribution < -0.4 is 5.32 Å². The van der Waals surface area contributed by atoms with Crippen LogP contribution in [0.3, 0.4) is 0 Å². The number of hydrogen-bond donors (Lipinski definition) is 1. The van der Waals surface area contributed by atoms with E-state index in [1.54, 1.807) is 0 Å². The Kier molecular flexibility index (Phi) is 4.86. The molecule has 19 heavy (non-hydrogen) atoms. The van der Waals surface area contributed by atoms with Crippen LogP contribution in [0.25, 0.3) is 0 Å². The van der Waals surface area contributed by atoms with Gasteiger partial charge in [-0.3, -0.25) is 4.79 Å². The van der Waals surface area contributed by atoms with Crippen LogP contribution in [0.4, 0.5) is 0 Å². The lowest BCUT2D eigenvalue weighted by Gasteiger charge is -2.35. The van der Waals surface area contributed by atoms with E-state index in [1.807, 2.05) is 0 Å². The Morgan fingerprint density at radius 1 is 1.53 bits per heavy atom. The van der Waals surface area contributed by atoms with Crippen molar-refractivity contribution in [1.29, 1.82) is 0 Å². The fourth-order valence-corrected chi connectivity index (χ4v) is 3.21. The smallest absolute Gasteiger partial charge is 0.302 e. The number of ether oxygens (including phenoxy) is 1. The molecule has 108 valence electrons. The summed E-state index contributed by atoms with van der Waals surface area (Å²) in [5.74, 6) is 0.241. The minimum atomic E-state index is -0.150. The van der Waals surface area contributed by atoms with Crippen molar-refractivity contribution in [3.63, 3.8) is 0 Å². The molecule has 1 heterocycles. The quantitative estimate of drug-likeness (QED) is 0.772. The first-order valence-corrected chi connectivity index (χ1v) is 7.42. The molecule has 1 aliphatic carbocycles. The van der Waals surface area contributed by atoms with Crippen LogP contribution in [0.1, 0.15) is 39.5 Å². The summed E-state index contributed by atoms with van der Waals surface area (Å²) in [6.45, 7) is 5.83. The van der Waals surface area contributed by atoms with Crippen molar-refractivity contribution in [2.45, 2.75) is 51.7 Å². The summed E-state index contributed by atoms with van der Waals surface area (Å²) in [5, 5.41) is 3.48. The van der Waals surface area contributed by atoms with Crippen LogP contribution >= 0.6 is 0 Å². The maximum atomic E-state index is 11.2. The zero-order valence-corrected chi connectivity index (χ0v) is 12.3. The highest BCUT2D eigenvalue weighted by atomic mass is 16.5. The summed E-state index contributed by atoms with van der Waals surface area (Å²) in [6.07, 6.45) is 6.64. The van der Waals surface area contributed by atoms with E-state index in [-0.39, 0.29) is 12.1 Å². The average Bonchev–Trinajstić information content (AvgIpc) is 2.79. The molecule has 1 aliphatic heterocycles. The van der Waals surface area contributed by atoms with E-state index in [0.717, 1.165) is 32.4 Å². The van der Waals surface area contributed by atoms with Crippen LogP contribution in [0.2, 0.25) is 0 Å². The molecule has 0 saturated heterocycles. The molecular weight excluding hydrogens is 240 g/mol. The van der Waals surface area contributed by atoms with Crippen LogP contribution in [0.5, 0.6) is 0 Å². The highest BCUT2D eigenvalue weighted by molar-refractivity contribution is 5.66. The summed E-state index contributed by atoms with van der Waals surface area (Å²) in [6, 6.07) is 0.472. The predicted molar refractivity (Wildman–Crippen MR) is 75.7 cm³/mol. The molecule has 2 unspecified atom stereocenters. The van der Waals surface area contributed by atoms with Crippen molar-refractivity contribution < 1.29 is 9.53 Å². The maximum absolute atomic E-state index is 11.2. The summed E-state index contributed by atoms with van der Waals surface area (Å²) < 4.78 is 5.54. The van der Waals surface area contributed by atoms with Gasteiger partial charge in [0.15, 0.2) is 0 Å². The Morgan fingerprint density at radius 2 is 2.32 bits per heavy atom. The van der Waals surface area contributed by atoms with Crippen molar-refractivity contribution in [1.82, 2.24) is 10.2 Å². The van der Waals surface area contributed by atoms with E-state index in [4.69, 9.17) is 4.74 Å². The van der Waals surface area contributed by atoms with E-state index in [2.05, 4.69) is 30.4 Å². The lowest BCUT2D eigenvalue weighted by molar-refractivity contribution is -0.150. The Bertz CT molecular complexity index is 354. The zero-order chi connectivity index (χ0) is 13.8. The fourth-order valence-electron chi connectivity index (χ4n) is 3.21. The van der Waals surface area contributed by atoms with Crippen LogP contribution in [0.15, 0.2) is 11.8 Å². The summed E-state index contributed by atoms with van der Waals surface area (Å²) in [4.78, 5) is 13.6. The molecule has 0 aromatic rings. The number of rotatable bonds is 5. The third kappa shape index (κ3) is 3.50. The molecule has 0 amide bonds. The van der Waals surface area contributed by atoms with Gasteiger partial charge in [-0.25, -0.2) is 0 Å². The summed E-state index contributed by atoms with van der Waals surface area (Å²) in [5.41, 5.74) is 1.43. The van der Waals surface area contributed by atoms with Gasteiger partial charge in [-0.15, -0.1) is 0 Å². The number of fused-ring (bicyclic) bond motifs is 1. The molecule has 1 N–H and O–H groups in total. The molecule has 2 rings (SSSR count). The van der Waals surface area contributed by atoms with Crippen molar-refractivity contribution in [3.05, 3.63) is 11.8 Å². The minimum absolute atomic E-state index is 0.0735. The van der Waals surface area contributed by atoms with Crippen LogP contribution in [-0.4, -0.2) is 43.2 Å². The van der Waals surface area contributed by atoms with E-state index in [0.29, 0.717) is 12.0 Å². The van der Waals surface area contributed by atoms with E-state index in [9.17, 15) is 4.79 Å². The second-order valence-electron chi connectivity index (χ2n) is 5.74. The van der Waals surface area contributed by atoms with Crippen molar-refractivity contribution in [2.24, 2.45) is 5.92 Å². The van der Waals surface area contributed by atoms with Gasteiger partial charge >= 0.3 is 5.97 Å². The number of carbonyl (C=O) groups excluding carboxylic acids is 1. The minimum Gasteiger partial charge on any atom is -0.462 e. The standard InChI is InChI=1S/C15H26N2O2/c1-4-17(3)9-8-12-10-16-13-6-5-7-14(15(12)13)19-11(2)18/h10,13-16H,4-9H2,1-3H3/t13?,14-,15?/m1/s1. The number of nitrogens with one attached hydrogen (secondary N) is 1. The Balaban J connectivity index is 1.97. The van der Waals surface area contributed by atoms with Gasteiger partial charge in [-0.2, -0.15) is 0 Å². The van der Waals surface area contributed by atoms with Gasteiger partial charge < -0.3 is 15.0 Å². The van der Waals surface area contributed by atoms with Gasteiger partial charge in [-0.05, 0) is 51.0 Å². The maximum Gasteiger partial charge on any atom is 0.302 e. The van der Waals surface area contributed by atoms with Gasteiger partial charge in [0.25, 0.3) is 0 Å². The predicted octanol–water partition coefficient (Wildman–Crippen LogP) is 1.92. The molecule has 4 heteroatoms. The fraction of sp³-hybridized carbons (Fsp3) is 0.800. The molecule has 0 radical (unpaired) electrons. The first kappa shape index (κ1) is 14.4. The van der Waals surface area contributed by atoms with Crippen molar-refractivity contribution in [3.8, 4) is 0 Å². The highest BCUT2D eigenvalue weighted by Gasteiger charge is 2.40. The van der Waals surface area contributed by atoms with Crippen LogP contribution in [-0.2, 0) is 9.53 Å². The third-order valence-electron chi connectivity index (χ3n) is 4.39. The first-order valence-electron chi connectivity index (χ1n) is 7.42. The normalized spacial score (nSPS) is 29.7. The van der Waals surface area contributed by atoms with E-state index in [1.165, 1.54) is 18.9 Å². The largest absolute Gasteiger partial charge is 0.462 e. The van der Waals surface area contributed by atoms with E-state index >= 15 is 0 Å². The molecule has 2 aliphatic rings. The number of nitrogens with zero attached hydrogens (tertiary/aromatic N) is 1. The van der Waals surface area contributed by atoms with E-state index < -0.39 is 0 Å². The summed E-state index contributed by atoms with van der Waals surface area (Å²) in [7, 11) is 2.14. The monoisotopic (exact) mass is 266 g/mol. The molecule has 3 atom stereocenters. The summed E-state index contributed by atoms with van der Waals surface area (Å²) >= 11 is 0. The Morgan fingerprint density at radius 3 is 3.00 bits per heavy atom. The first-order chi connectivity index (χ1) is 9.11. The topological polar surface area (TPSA) is 41.6 Å². The lowest BCUT2D eigenvalue weighted by atomic mass is 9.79. The Labute approximate surface area is 116 Å². The second-order valence-corrected chi connectivity index (χ2v) is 5.74. The average molecular weight is 266 g/mol. The number of carbonyl (C=O) groups is 1. The van der Waals surface area contributed by atoms with Crippen LogP contribution in [0, 0.1) is 5.92 Å². The third-order valence-corrected chi connectivity index (χ3v) is 4.39. The van der Waals surface area contributed by atoms with Gasteiger partial charge in [0.2, 0.25) is 0 Å². The lowest BCUT2D eigenvalue weighted by Crippen LogP contribution is -2.41. The highest BCUT2D eigenvalue weighted by Crippen LogP contribution is 2.37. The molecule has 0 bridgehead atoms. The van der Waals surface area contributed by atoms with Gasteiger partial charge in [0, 0.05) is 25.4 Å². The molecule has 0 aromatic heterocycles. The SMILES string of the molecule is CCN(C)CCC1=CNC2CCC[C@@H](OC(C)=O)C12. The molecule has 4 nitrogen and oxygen atoms in total. The van der Waals surface area contributed by atoms with Gasteiger partial charge in [0.1, 0.15) is 6.10 Å². The Hall–Kier alpha value is -1.03. The number of hydrogen-bond acceptors (Lipinski definition) is 4. The molecule has 1 saturated carbocycles. The van der Waals surface area contributed by atoms with Crippen molar-refractivity contribution >= 4 is 5.97 Å².